The molecule has 10 heteroatoms. The molecule has 1 unspecified atom stereocenters. The van der Waals surface area contributed by atoms with E-state index in [1.807, 2.05) is 6.92 Å². The molecule has 3 rings (SSSR count). The fraction of sp³-hybridized carbons (Fsp3) is 0.348. The molecule has 0 fully saturated rings. The van der Waals surface area contributed by atoms with Gasteiger partial charge in [0, 0.05) is 13.1 Å². The second kappa shape index (κ2) is 10.0. The Morgan fingerprint density at radius 1 is 1.15 bits per heavy atom. The van der Waals surface area contributed by atoms with Crippen molar-refractivity contribution in [3.05, 3.63) is 59.7 Å². The Hall–Kier alpha value is -3.40. The first-order valence-corrected chi connectivity index (χ1v) is 12.0. The summed E-state index contributed by atoms with van der Waals surface area (Å²) in [4.78, 5) is 39.8. The zero-order valence-electron chi connectivity index (χ0n) is 18.8. The minimum Gasteiger partial charge on any atom is -0.497 e. The number of benzene rings is 2. The monoisotopic (exact) mass is 473 g/mol. The van der Waals surface area contributed by atoms with E-state index in [1.54, 1.807) is 37.3 Å². The molecular formula is C23H27N3O6S. The van der Waals surface area contributed by atoms with Crippen LogP contribution in [0.15, 0.2) is 53.4 Å². The molecule has 1 atom stereocenters. The zero-order valence-corrected chi connectivity index (χ0v) is 19.6. The number of rotatable bonds is 9. The number of nitrogens with one attached hydrogen (secondary N) is 1. The number of carbonyl (C=O) groups is 3. The molecule has 0 spiro atoms. The molecule has 2 aromatic carbocycles. The molecule has 0 radical (unpaired) electrons. The van der Waals surface area contributed by atoms with Crippen LogP contribution in [0.5, 0.6) is 5.75 Å². The standard InChI is InChI=1S/C23H27N3O6S/c1-4-12-24-22(28)16(2)25(14-17-8-7-9-18(13-17)32-3)21(27)15-26-23(29)19-10-5-6-11-20(19)33(26,30)31/h5-11,13,16H,4,12,14-15H2,1-3H3,(H,24,28). The van der Waals surface area contributed by atoms with Crippen molar-refractivity contribution in [2.75, 3.05) is 20.2 Å². The Kier molecular flexibility index (Phi) is 7.37. The van der Waals surface area contributed by atoms with E-state index >= 15 is 0 Å². The highest BCUT2D eigenvalue weighted by Crippen LogP contribution is 2.30. The van der Waals surface area contributed by atoms with Crippen LogP contribution in [-0.4, -0.2) is 61.6 Å². The van der Waals surface area contributed by atoms with Gasteiger partial charge < -0.3 is 15.0 Å². The highest BCUT2D eigenvalue weighted by atomic mass is 32.2. The molecule has 3 amide bonds. The molecule has 0 bridgehead atoms. The number of fused-ring (bicyclic) bond motifs is 1. The number of hydrogen-bond acceptors (Lipinski definition) is 6. The van der Waals surface area contributed by atoms with Crippen LogP contribution >= 0.6 is 0 Å². The lowest BCUT2D eigenvalue weighted by atomic mass is 10.1. The number of carbonyl (C=O) groups excluding carboxylic acids is 3. The summed E-state index contributed by atoms with van der Waals surface area (Å²) >= 11 is 0. The third kappa shape index (κ3) is 5.00. The van der Waals surface area contributed by atoms with Crippen LogP contribution in [-0.2, 0) is 26.2 Å². The molecule has 1 N–H and O–H groups in total. The Balaban J connectivity index is 1.89. The molecule has 33 heavy (non-hydrogen) atoms. The fourth-order valence-corrected chi connectivity index (χ4v) is 5.07. The third-order valence-corrected chi connectivity index (χ3v) is 7.18. The molecule has 9 nitrogen and oxygen atoms in total. The Morgan fingerprint density at radius 2 is 1.88 bits per heavy atom. The number of ether oxygens (including phenoxy) is 1. The molecule has 0 saturated carbocycles. The van der Waals surface area contributed by atoms with Crippen LogP contribution in [0.1, 0.15) is 36.2 Å². The van der Waals surface area contributed by atoms with Crippen LogP contribution in [0.25, 0.3) is 0 Å². The SMILES string of the molecule is CCCNC(=O)C(C)N(Cc1cccc(OC)c1)C(=O)CN1C(=O)c2ccccc2S1(=O)=O. The smallest absolute Gasteiger partial charge is 0.269 e. The van der Waals surface area contributed by atoms with Crippen molar-refractivity contribution < 1.29 is 27.5 Å². The predicted octanol–water partition coefficient (Wildman–Crippen LogP) is 1.78. The number of hydrogen-bond donors (Lipinski definition) is 1. The highest BCUT2D eigenvalue weighted by Gasteiger charge is 2.43. The Morgan fingerprint density at radius 3 is 2.55 bits per heavy atom. The minimum absolute atomic E-state index is 0.0263. The second-order valence-corrected chi connectivity index (χ2v) is 9.48. The first-order chi connectivity index (χ1) is 15.7. The lowest BCUT2D eigenvalue weighted by Crippen LogP contribution is -2.51. The van der Waals surface area contributed by atoms with Crippen molar-refractivity contribution in [3.63, 3.8) is 0 Å². The molecular weight excluding hydrogens is 446 g/mol. The van der Waals surface area contributed by atoms with Gasteiger partial charge in [-0.1, -0.05) is 31.2 Å². The topological polar surface area (TPSA) is 113 Å². The van der Waals surface area contributed by atoms with Crippen LogP contribution < -0.4 is 10.1 Å². The van der Waals surface area contributed by atoms with E-state index < -0.39 is 34.4 Å². The van der Waals surface area contributed by atoms with Gasteiger partial charge in [0.15, 0.2) is 0 Å². The average molecular weight is 474 g/mol. The summed E-state index contributed by atoms with van der Waals surface area (Å²) in [5.74, 6) is -1.22. The number of amides is 3. The van der Waals surface area contributed by atoms with Crippen molar-refractivity contribution in [2.24, 2.45) is 0 Å². The lowest BCUT2D eigenvalue weighted by Gasteiger charge is -2.30. The van der Waals surface area contributed by atoms with Gasteiger partial charge in [0.05, 0.1) is 12.7 Å². The van der Waals surface area contributed by atoms with Gasteiger partial charge >= 0.3 is 0 Å². The lowest BCUT2D eigenvalue weighted by molar-refractivity contribution is -0.140. The van der Waals surface area contributed by atoms with E-state index in [0.717, 1.165) is 6.42 Å². The van der Waals surface area contributed by atoms with Gasteiger partial charge in [-0.05, 0) is 43.2 Å². The maximum Gasteiger partial charge on any atom is 0.269 e. The average Bonchev–Trinajstić information content (AvgIpc) is 3.01. The van der Waals surface area contributed by atoms with Crippen molar-refractivity contribution in [1.82, 2.24) is 14.5 Å². The summed E-state index contributed by atoms with van der Waals surface area (Å²) in [5.41, 5.74) is 0.718. The van der Waals surface area contributed by atoms with Gasteiger partial charge in [-0.3, -0.25) is 14.4 Å². The van der Waals surface area contributed by atoms with Crippen molar-refractivity contribution in [2.45, 2.75) is 37.8 Å². The summed E-state index contributed by atoms with van der Waals surface area (Å²) in [7, 11) is -2.63. The van der Waals surface area contributed by atoms with Crippen molar-refractivity contribution in [3.8, 4) is 5.75 Å². The molecule has 1 heterocycles. The predicted molar refractivity (Wildman–Crippen MR) is 121 cm³/mol. The molecule has 1 aliphatic heterocycles. The van der Waals surface area contributed by atoms with E-state index in [-0.39, 0.29) is 22.9 Å². The van der Waals surface area contributed by atoms with Crippen LogP contribution in [0.4, 0.5) is 0 Å². The first kappa shape index (κ1) is 24.2. The van der Waals surface area contributed by atoms with Crippen LogP contribution in [0.2, 0.25) is 0 Å². The van der Waals surface area contributed by atoms with E-state index in [9.17, 15) is 22.8 Å². The van der Waals surface area contributed by atoms with Crippen molar-refractivity contribution in [1.29, 1.82) is 0 Å². The van der Waals surface area contributed by atoms with Crippen LogP contribution in [0.3, 0.4) is 0 Å². The molecule has 2 aromatic rings. The van der Waals surface area contributed by atoms with E-state index in [1.165, 1.54) is 30.2 Å². The normalized spacial score (nSPS) is 15.0. The van der Waals surface area contributed by atoms with E-state index in [2.05, 4.69) is 5.32 Å². The Labute approximate surface area is 193 Å². The van der Waals surface area contributed by atoms with E-state index in [4.69, 9.17) is 4.74 Å². The zero-order chi connectivity index (χ0) is 24.2. The third-order valence-electron chi connectivity index (χ3n) is 5.39. The van der Waals surface area contributed by atoms with Crippen LogP contribution in [0, 0.1) is 0 Å². The number of nitrogens with zero attached hydrogens (tertiary/aromatic N) is 2. The second-order valence-electron chi connectivity index (χ2n) is 7.65. The number of methoxy groups -OCH3 is 1. The van der Waals surface area contributed by atoms with Gasteiger partial charge in [-0.25, -0.2) is 12.7 Å². The van der Waals surface area contributed by atoms with Gasteiger partial charge in [-0.15, -0.1) is 0 Å². The van der Waals surface area contributed by atoms with E-state index in [0.29, 0.717) is 22.2 Å². The van der Waals surface area contributed by atoms with Gasteiger partial charge in [0.2, 0.25) is 11.8 Å². The minimum atomic E-state index is -4.15. The number of sulfonamides is 1. The Bertz CT molecular complexity index is 1160. The molecule has 0 aliphatic carbocycles. The maximum absolute atomic E-state index is 13.3. The molecule has 1 aliphatic rings. The highest BCUT2D eigenvalue weighted by molar-refractivity contribution is 7.90. The summed E-state index contributed by atoms with van der Waals surface area (Å²) < 4.78 is 31.5. The van der Waals surface area contributed by atoms with Crippen molar-refractivity contribution >= 4 is 27.7 Å². The summed E-state index contributed by atoms with van der Waals surface area (Å²) in [6, 6.07) is 11.9. The molecule has 0 aromatic heterocycles. The van der Waals surface area contributed by atoms with Gasteiger partial charge in [0.1, 0.15) is 23.2 Å². The summed E-state index contributed by atoms with van der Waals surface area (Å²) in [6.45, 7) is 3.25. The summed E-state index contributed by atoms with van der Waals surface area (Å²) in [6.07, 6.45) is 0.723. The van der Waals surface area contributed by atoms with Gasteiger partial charge in [0.25, 0.3) is 15.9 Å². The van der Waals surface area contributed by atoms with Gasteiger partial charge in [-0.2, -0.15) is 0 Å². The largest absolute Gasteiger partial charge is 0.497 e. The quantitative estimate of drug-likeness (QED) is 0.594. The first-order valence-electron chi connectivity index (χ1n) is 10.6. The summed E-state index contributed by atoms with van der Waals surface area (Å²) in [5, 5.41) is 2.75. The fourth-order valence-electron chi connectivity index (χ4n) is 3.55. The maximum atomic E-state index is 13.3. The molecule has 0 saturated heterocycles. The molecule has 176 valence electrons.